The second kappa shape index (κ2) is 7.50. The Morgan fingerprint density at radius 2 is 2.08 bits per heavy atom. The Labute approximate surface area is 158 Å². The molecule has 1 aliphatic rings. The van der Waals surface area contributed by atoms with Crippen LogP contribution in [0.3, 0.4) is 0 Å². The van der Waals surface area contributed by atoms with E-state index < -0.39 is 5.97 Å². The van der Waals surface area contributed by atoms with Crippen molar-refractivity contribution >= 4 is 62.8 Å². The summed E-state index contributed by atoms with van der Waals surface area (Å²) in [6, 6.07) is 3.44. The molecule has 0 unspecified atom stereocenters. The van der Waals surface area contributed by atoms with Crippen LogP contribution in [0.15, 0.2) is 22.3 Å². The van der Waals surface area contributed by atoms with Gasteiger partial charge in [-0.1, -0.05) is 27.5 Å². The third-order valence-corrected chi connectivity index (χ3v) is 4.61. The SMILES string of the molecule is COC(=O)CN1C(=S)N(C)C(=O)/C1=C/c1cc(Br)cc(Cl)c1OC. The Morgan fingerprint density at radius 1 is 1.42 bits per heavy atom. The lowest BCUT2D eigenvalue weighted by molar-refractivity contribution is -0.140. The molecule has 9 heteroatoms. The van der Waals surface area contributed by atoms with Gasteiger partial charge in [0.1, 0.15) is 18.0 Å². The molecule has 24 heavy (non-hydrogen) atoms. The van der Waals surface area contributed by atoms with Crippen LogP contribution in [0.25, 0.3) is 6.08 Å². The molecule has 1 saturated heterocycles. The van der Waals surface area contributed by atoms with Crippen LogP contribution >= 0.6 is 39.7 Å². The van der Waals surface area contributed by atoms with Crippen molar-refractivity contribution in [3.63, 3.8) is 0 Å². The average Bonchev–Trinajstić information content (AvgIpc) is 2.72. The van der Waals surface area contributed by atoms with E-state index in [4.69, 9.17) is 28.6 Å². The normalized spacial score (nSPS) is 16.1. The van der Waals surface area contributed by atoms with Gasteiger partial charge in [0.25, 0.3) is 5.91 Å². The fourth-order valence-electron chi connectivity index (χ4n) is 2.19. The summed E-state index contributed by atoms with van der Waals surface area (Å²) in [5.74, 6) is -0.425. The molecular formula is C15H14BrClN2O4S. The van der Waals surface area contributed by atoms with E-state index in [9.17, 15) is 9.59 Å². The highest BCUT2D eigenvalue weighted by Crippen LogP contribution is 2.35. The van der Waals surface area contributed by atoms with Gasteiger partial charge in [-0.15, -0.1) is 0 Å². The first kappa shape index (κ1) is 18.7. The highest BCUT2D eigenvalue weighted by Gasteiger charge is 2.37. The Kier molecular flexibility index (Phi) is 5.84. The number of ether oxygens (including phenoxy) is 2. The van der Waals surface area contributed by atoms with E-state index >= 15 is 0 Å². The number of rotatable bonds is 4. The van der Waals surface area contributed by atoms with Gasteiger partial charge in [-0.3, -0.25) is 14.5 Å². The Bertz CT molecular complexity index is 753. The van der Waals surface area contributed by atoms with Crippen LogP contribution < -0.4 is 4.74 Å². The van der Waals surface area contributed by atoms with E-state index in [0.717, 1.165) is 4.47 Å². The molecule has 0 radical (unpaired) electrons. The molecule has 0 aliphatic carbocycles. The van der Waals surface area contributed by atoms with Crippen LogP contribution in [0.5, 0.6) is 5.75 Å². The van der Waals surface area contributed by atoms with Crippen LogP contribution in [-0.4, -0.2) is 54.6 Å². The summed E-state index contributed by atoms with van der Waals surface area (Å²) in [7, 11) is 4.30. The number of benzene rings is 1. The van der Waals surface area contributed by atoms with Gasteiger partial charge in [-0.2, -0.15) is 0 Å². The second-order valence-electron chi connectivity index (χ2n) is 4.85. The van der Waals surface area contributed by atoms with Crippen molar-refractivity contribution < 1.29 is 19.1 Å². The van der Waals surface area contributed by atoms with E-state index in [2.05, 4.69) is 20.7 Å². The Morgan fingerprint density at radius 3 is 2.67 bits per heavy atom. The number of esters is 1. The molecule has 6 nitrogen and oxygen atoms in total. The van der Waals surface area contributed by atoms with Gasteiger partial charge >= 0.3 is 5.97 Å². The minimum absolute atomic E-state index is 0.165. The van der Waals surface area contributed by atoms with E-state index in [-0.39, 0.29) is 23.3 Å². The zero-order valence-corrected chi connectivity index (χ0v) is 16.3. The van der Waals surface area contributed by atoms with Crippen molar-refractivity contribution in [1.82, 2.24) is 9.80 Å². The largest absolute Gasteiger partial charge is 0.495 e. The number of thiocarbonyl (C=S) groups is 1. The van der Waals surface area contributed by atoms with Gasteiger partial charge in [-0.25, -0.2) is 0 Å². The third-order valence-electron chi connectivity index (χ3n) is 3.38. The molecule has 1 aliphatic heterocycles. The number of carbonyl (C=O) groups excluding carboxylic acids is 2. The van der Waals surface area contributed by atoms with Crippen molar-refractivity contribution in [1.29, 1.82) is 0 Å². The average molecular weight is 434 g/mol. The fourth-order valence-corrected chi connectivity index (χ4v) is 3.35. The Balaban J connectivity index is 2.54. The van der Waals surface area contributed by atoms with Crippen LogP contribution in [0, 0.1) is 0 Å². The minimum Gasteiger partial charge on any atom is -0.495 e. The number of methoxy groups -OCH3 is 2. The van der Waals surface area contributed by atoms with E-state index in [1.165, 1.54) is 24.0 Å². The van der Waals surface area contributed by atoms with Crippen LogP contribution in [0.1, 0.15) is 5.56 Å². The molecule has 2 rings (SSSR count). The topological polar surface area (TPSA) is 59.1 Å². The first-order valence-electron chi connectivity index (χ1n) is 6.71. The molecule has 0 spiro atoms. The highest BCUT2D eigenvalue weighted by molar-refractivity contribution is 9.10. The minimum atomic E-state index is -0.509. The standard InChI is InChI=1S/C15H14BrClN2O4S/c1-18-14(21)11(19(15(18)24)7-12(20)22-2)5-8-4-9(16)6-10(17)13(8)23-3/h4-6H,7H2,1-3H3/b11-5-. The molecule has 0 bridgehead atoms. The maximum Gasteiger partial charge on any atom is 0.325 e. The number of nitrogens with zero attached hydrogens (tertiary/aromatic N) is 2. The molecule has 1 aromatic carbocycles. The van der Waals surface area contributed by atoms with Crippen molar-refractivity contribution in [2.45, 2.75) is 0 Å². The zero-order valence-electron chi connectivity index (χ0n) is 13.1. The number of hydrogen-bond acceptors (Lipinski definition) is 5. The Hall–Kier alpha value is -1.64. The first-order valence-corrected chi connectivity index (χ1v) is 8.29. The van der Waals surface area contributed by atoms with Gasteiger partial charge in [0, 0.05) is 17.1 Å². The molecule has 1 aromatic rings. The number of carbonyl (C=O) groups is 2. The lowest BCUT2D eigenvalue weighted by Crippen LogP contribution is -2.33. The van der Waals surface area contributed by atoms with Crippen LogP contribution in [0.2, 0.25) is 5.02 Å². The quantitative estimate of drug-likeness (QED) is 0.413. The van der Waals surface area contributed by atoms with Crippen molar-refractivity contribution in [2.24, 2.45) is 0 Å². The number of hydrogen-bond donors (Lipinski definition) is 0. The van der Waals surface area contributed by atoms with Gasteiger partial charge in [0.2, 0.25) is 0 Å². The number of likely N-dealkylation sites (N-methyl/N-ethyl adjacent to an activating group) is 1. The molecule has 0 N–H and O–H groups in total. The third kappa shape index (κ3) is 3.55. The van der Waals surface area contributed by atoms with Crippen molar-refractivity contribution in [2.75, 3.05) is 27.8 Å². The maximum absolute atomic E-state index is 12.5. The predicted molar refractivity (Wildman–Crippen MR) is 97.8 cm³/mol. The first-order chi connectivity index (χ1) is 11.3. The lowest BCUT2D eigenvalue weighted by Gasteiger charge is -2.17. The molecule has 128 valence electrons. The molecule has 1 fully saturated rings. The molecule has 1 heterocycles. The summed E-state index contributed by atoms with van der Waals surface area (Å²) < 4.78 is 10.7. The van der Waals surface area contributed by atoms with Gasteiger partial charge in [-0.05, 0) is 30.4 Å². The summed E-state index contributed by atoms with van der Waals surface area (Å²) >= 11 is 14.7. The number of halogens is 2. The molecular weight excluding hydrogens is 420 g/mol. The van der Waals surface area contributed by atoms with E-state index in [1.807, 2.05) is 0 Å². The van der Waals surface area contributed by atoms with Crippen LogP contribution in [-0.2, 0) is 14.3 Å². The van der Waals surface area contributed by atoms with Crippen molar-refractivity contribution in [3.05, 3.63) is 32.9 Å². The van der Waals surface area contributed by atoms with Gasteiger partial charge < -0.3 is 14.4 Å². The molecule has 0 atom stereocenters. The zero-order chi connectivity index (χ0) is 18.0. The molecule has 1 amide bonds. The van der Waals surface area contributed by atoms with Gasteiger partial charge in [0.05, 0.1) is 19.2 Å². The van der Waals surface area contributed by atoms with E-state index in [1.54, 1.807) is 25.3 Å². The van der Waals surface area contributed by atoms with Gasteiger partial charge in [0.15, 0.2) is 5.11 Å². The fraction of sp³-hybridized carbons (Fsp3) is 0.267. The summed E-state index contributed by atoms with van der Waals surface area (Å²) in [5.41, 5.74) is 0.813. The maximum atomic E-state index is 12.5. The lowest BCUT2D eigenvalue weighted by atomic mass is 10.1. The highest BCUT2D eigenvalue weighted by atomic mass is 79.9. The van der Waals surface area contributed by atoms with E-state index in [0.29, 0.717) is 16.3 Å². The van der Waals surface area contributed by atoms with Crippen molar-refractivity contribution in [3.8, 4) is 5.75 Å². The summed E-state index contributed by atoms with van der Waals surface area (Å²) in [6.07, 6.45) is 1.58. The number of amides is 1. The summed E-state index contributed by atoms with van der Waals surface area (Å²) in [5, 5.41) is 0.608. The molecule has 0 saturated carbocycles. The van der Waals surface area contributed by atoms with Crippen LogP contribution in [0.4, 0.5) is 0 Å². The monoisotopic (exact) mass is 432 g/mol. The summed E-state index contributed by atoms with van der Waals surface area (Å²) in [4.78, 5) is 26.8. The molecule has 0 aromatic heterocycles. The second-order valence-corrected chi connectivity index (χ2v) is 6.54. The predicted octanol–water partition coefficient (Wildman–Crippen LogP) is 2.68. The smallest absolute Gasteiger partial charge is 0.325 e. The summed E-state index contributed by atoms with van der Waals surface area (Å²) in [6.45, 7) is -0.165.